The normalized spacial score (nSPS) is 8.23. The smallest absolute Gasteiger partial charge is 0.292 e. The third kappa shape index (κ3) is 2.26. The number of nitrogens with zero attached hydrogens (tertiary/aromatic N) is 2. The van der Waals surface area contributed by atoms with Crippen molar-refractivity contribution >= 4 is 11.6 Å². The Morgan fingerprint density at radius 1 is 1.15 bits per heavy atom. The Balaban J connectivity index is 2.94. The molecular formula is C8H3ClN2O2. The molecule has 64 valence electrons. The van der Waals surface area contributed by atoms with E-state index in [1.807, 2.05) is 0 Å². The molecule has 0 aliphatic carbocycles. The van der Waals surface area contributed by atoms with Crippen LogP contribution in [0.15, 0.2) is 18.2 Å². The average molecular weight is 195 g/mol. The van der Waals surface area contributed by atoms with Crippen LogP contribution in [0.5, 0.6) is 11.5 Å². The lowest BCUT2D eigenvalue weighted by Crippen LogP contribution is -1.85. The lowest BCUT2D eigenvalue weighted by molar-refractivity contribution is 0.493. The fraction of sp³-hybridized carbons (Fsp3) is 0. The van der Waals surface area contributed by atoms with Crippen molar-refractivity contribution in [2.45, 2.75) is 0 Å². The molecule has 4 nitrogen and oxygen atoms in total. The molecule has 0 aliphatic heterocycles. The van der Waals surface area contributed by atoms with Gasteiger partial charge in [0, 0.05) is 6.07 Å². The van der Waals surface area contributed by atoms with E-state index >= 15 is 0 Å². The number of nitriles is 2. The van der Waals surface area contributed by atoms with Crippen LogP contribution in [0.25, 0.3) is 0 Å². The van der Waals surface area contributed by atoms with E-state index in [-0.39, 0.29) is 10.8 Å². The first-order valence-electron chi connectivity index (χ1n) is 3.19. The third-order valence-electron chi connectivity index (χ3n) is 1.22. The molecule has 0 N–H and O–H groups in total. The van der Waals surface area contributed by atoms with Gasteiger partial charge in [-0.3, -0.25) is 0 Å². The summed E-state index contributed by atoms with van der Waals surface area (Å²) < 4.78 is 9.01. The summed E-state index contributed by atoms with van der Waals surface area (Å²) in [5.41, 5.74) is 0. The minimum atomic E-state index is 0.217. The fourth-order valence-electron chi connectivity index (χ4n) is 0.730. The van der Waals surface area contributed by atoms with E-state index < -0.39 is 0 Å². The van der Waals surface area contributed by atoms with Gasteiger partial charge in [0.15, 0.2) is 5.75 Å². The van der Waals surface area contributed by atoms with Crippen LogP contribution in [0.3, 0.4) is 0 Å². The second-order valence-corrected chi connectivity index (χ2v) is 2.39. The van der Waals surface area contributed by atoms with Gasteiger partial charge in [0.05, 0.1) is 5.02 Å². The molecule has 1 aromatic rings. The molecule has 0 spiro atoms. The van der Waals surface area contributed by atoms with Gasteiger partial charge in [-0.25, -0.2) is 0 Å². The molecule has 0 radical (unpaired) electrons. The van der Waals surface area contributed by atoms with Crippen molar-refractivity contribution in [3.05, 3.63) is 23.2 Å². The van der Waals surface area contributed by atoms with E-state index in [1.165, 1.54) is 30.7 Å². The van der Waals surface area contributed by atoms with Gasteiger partial charge < -0.3 is 9.47 Å². The van der Waals surface area contributed by atoms with Crippen molar-refractivity contribution in [3.63, 3.8) is 0 Å². The maximum absolute atomic E-state index is 8.20. The number of halogens is 1. The standard InChI is InChI=1S/C8H3ClN2O2/c9-7-3-6(12-4-10)1-2-8(7)13-5-11/h1-3H. The van der Waals surface area contributed by atoms with Gasteiger partial charge in [0.25, 0.3) is 12.5 Å². The zero-order valence-corrected chi connectivity index (χ0v) is 7.08. The van der Waals surface area contributed by atoms with Gasteiger partial charge in [-0.1, -0.05) is 11.6 Å². The minimum absolute atomic E-state index is 0.217. The van der Waals surface area contributed by atoms with Crippen LogP contribution in [-0.2, 0) is 0 Å². The lowest BCUT2D eigenvalue weighted by Gasteiger charge is -2.00. The monoisotopic (exact) mass is 194 g/mol. The first-order chi connectivity index (χ1) is 6.27. The van der Waals surface area contributed by atoms with Crippen LogP contribution in [0.1, 0.15) is 0 Å². The highest BCUT2D eigenvalue weighted by atomic mass is 35.5. The minimum Gasteiger partial charge on any atom is -0.388 e. The molecule has 0 bridgehead atoms. The maximum Gasteiger partial charge on any atom is 0.292 e. The van der Waals surface area contributed by atoms with Crippen molar-refractivity contribution in [3.8, 4) is 24.0 Å². The summed E-state index contributed by atoms with van der Waals surface area (Å²) in [5.74, 6) is 0.534. The summed E-state index contributed by atoms with van der Waals surface area (Å²) in [6, 6.07) is 4.30. The van der Waals surface area contributed by atoms with E-state index in [0.29, 0.717) is 5.75 Å². The molecule has 0 aromatic heterocycles. The second kappa shape index (κ2) is 4.20. The molecule has 0 amide bonds. The number of hydrogen-bond acceptors (Lipinski definition) is 4. The highest BCUT2D eigenvalue weighted by Crippen LogP contribution is 2.28. The van der Waals surface area contributed by atoms with E-state index in [9.17, 15) is 0 Å². The molecular weight excluding hydrogens is 192 g/mol. The van der Waals surface area contributed by atoms with Crippen molar-refractivity contribution in [2.24, 2.45) is 0 Å². The van der Waals surface area contributed by atoms with Crippen LogP contribution in [0, 0.1) is 23.0 Å². The molecule has 1 aromatic carbocycles. The molecule has 0 heterocycles. The van der Waals surface area contributed by atoms with Crippen molar-refractivity contribution in [1.29, 1.82) is 10.5 Å². The van der Waals surface area contributed by atoms with Crippen LogP contribution in [-0.4, -0.2) is 0 Å². The molecule has 0 saturated carbocycles. The Morgan fingerprint density at radius 3 is 2.38 bits per heavy atom. The van der Waals surface area contributed by atoms with Crippen molar-refractivity contribution < 1.29 is 9.47 Å². The third-order valence-corrected chi connectivity index (χ3v) is 1.52. The Bertz CT molecular complexity index is 392. The molecule has 0 fully saturated rings. The first kappa shape index (κ1) is 9.18. The Kier molecular flexibility index (Phi) is 2.97. The first-order valence-corrected chi connectivity index (χ1v) is 3.57. The van der Waals surface area contributed by atoms with Crippen LogP contribution < -0.4 is 9.47 Å². The largest absolute Gasteiger partial charge is 0.388 e. The Labute approximate surface area is 79.5 Å². The van der Waals surface area contributed by atoms with Crippen molar-refractivity contribution in [1.82, 2.24) is 0 Å². The van der Waals surface area contributed by atoms with Crippen LogP contribution in [0.4, 0.5) is 0 Å². The molecule has 13 heavy (non-hydrogen) atoms. The highest BCUT2D eigenvalue weighted by molar-refractivity contribution is 6.32. The average Bonchev–Trinajstić information content (AvgIpc) is 2.10. The van der Waals surface area contributed by atoms with E-state index in [4.69, 9.17) is 22.1 Å². The van der Waals surface area contributed by atoms with E-state index in [2.05, 4.69) is 9.47 Å². The molecule has 1 rings (SSSR count). The van der Waals surface area contributed by atoms with E-state index in [0.717, 1.165) is 0 Å². The predicted molar refractivity (Wildman–Crippen MR) is 43.9 cm³/mol. The predicted octanol–water partition coefficient (Wildman–Crippen LogP) is 2.06. The Morgan fingerprint density at radius 2 is 1.85 bits per heavy atom. The number of rotatable bonds is 2. The molecule has 0 saturated heterocycles. The SMILES string of the molecule is N#COc1ccc(OC#N)c(Cl)c1. The number of ether oxygens (including phenoxy) is 2. The summed E-state index contributed by atoms with van der Waals surface area (Å²) in [6.07, 6.45) is 2.98. The highest BCUT2D eigenvalue weighted by Gasteiger charge is 2.03. The van der Waals surface area contributed by atoms with Gasteiger partial charge in [0.2, 0.25) is 0 Å². The zero-order valence-electron chi connectivity index (χ0n) is 6.32. The number of hydrogen-bond donors (Lipinski definition) is 0. The van der Waals surface area contributed by atoms with Crippen LogP contribution >= 0.6 is 11.6 Å². The summed E-state index contributed by atoms with van der Waals surface area (Å²) in [7, 11) is 0. The zero-order chi connectivity index (χ0) is 9.68. The van der Waals surface area contributed by atoms with E-state index in [1.54, 1.807) is 0 Å². The van der Waals surface area contributed by atoms with Gasteiger partial charge in [-0.2, -0.15) is 0 Å². The summed E-state index contributed by atoms with van der Waals surface area (Å²) in [5, 5.41) is 16.6. The van der Waals surface area contributed by atoms with Gasteiger partial charge in [-0.15, -0.1) is 10.5 Å². The Hall–Kier alpha value is -1.91. The fourth-order valence-corrected chi connectivity index (χ4v) is 0.939. The van der Waals surface area contributed by atoms with Gasteiger partial charge >= 0.3 is 0 Å². The summed E-state index contributed by atoms with van der Waals surface area (Å²) in [4.78, 5) is 0. The molecule has 0 aliphatic rings. The topological polar surface area (TPSA) is 66.0 Å². The molecule has 0 atom stereocenters. The molecule has 5 heteroatoms. The van der Waals surface area contributed by atoms with Crippen molar-refractivity contribution in [2.75, 3.05) is 0 Å². The quantitative estimate of drug-likeness (QED) is 0.676. The number of benzene rings is 1. The van der Waals surface area contributed by atoms with Gasteiger partial charge in [-0.05, 0) is 12.1 Å². The maximum atomic E-state index is 8.20. The lowest BCUT2D eigenvalue weighted by atomic mass is 10.3. The summed E-state index contributed by atoms with van der Waals surface area (Å²) in [6.45, 7) is 0. The second-order valence-electron chi connectivity index (χ2n) is 1.98. The van der Waals surface area contributed by atoms with Crippen LogP contribution in [0.2, 0.25) is 5.02 Å². The summed E-state index contributed by atoms with van der Waals surface area (Å²) >= 11 is 5.68. The molecule has 0 unspecified atom stereocenters. The van der Waals surface area contributed by atoms with Gasteiger partial charge in [0.1, 0.15) is 5.75 Å².